The molecule has 2 rings (SSSR count). The van der Waals surface area contributed by atoms with E-state index in [9.17, 15) is 4.79 Å². The SMILES string of the molecule is CC(C)CC(=O)N1CCS[C@H]1c1cccc(Cl)c1Cl. The van der Waals surface area contributed by atoms with Crippen molar-refractivity contribution in [3.05, 3.63) is 33.8 Å². The minimum absolute atomic E-state index is 0.00236. The van der Waals surface area contributed by atoms with E-state index in [0.29, 0.717) is 22.4 Å². The average Bonchev–Trinajstić information content (AvgIpc) is 2.80. The fourth-order valence-corrected chi connectivity index (χ4v) is 3.94. The second-order valence-corrected chi connectivity index (χ2v) is 7.02. The maximum atomic E-state index is 12.3. The number of benzene rings is 1. The molecule has 0 spiro atoms. The Hall–Kier alpha value is -0.380. The molecule has 5 heteroatoms. The molecule has 0 radical (unpaired) electrons. The number of hydrogen-bond donors (Lipinski definition) is 0. The molecule has 2 nitrogen and oxygen atoms in total. The van der Waals surface area contributed by atoms with Crippen LogP contribution in [0.1, 0.15) is 31.2 Å². The molecule has 1 aromatic carbocycles. The van der Waals surface area contributed by atoms with Crippen molar-refractivity contribution < 1.29 is 4.79 Å². The van der Waals surface area contributed by atoms with Gasteiger partial charge in [-0.1, -0.05) is 49.2 Å². The molecule has 0 aromatic heterocycles. The second kappa shape index (κ2) is 6.38. The maximum absolute atomic E-state index is 12.3. The first-order chi connectivity index (χ1) is 9.00. The van der Waals surface area contributed by atoms with Crippen LogP contribution in [0.3, 0.4) is 0 Å². The van der Waals surface area contributed by atoms with Crippen molar-refractivity contribution in [2.45, 2.75) is 25.6 Å². The maximum Gasteiger partial charge on any atom is 0.224 e. The molecule has 0 bridgehead atoms. The quantitative estimate of drug-likeness (QED) is 0.811. The van der Waals surface area contributed by atoms with Crippen LogP contribution in [0, 0.1) is 5.92 Å². The van der Waals surface area contributed by atoms with Crippen molar-refractivity contribution in [2.75, 3.05) is 12.3 Å². The molecule has 0 N–H and O–H groups in total. The molecule has 1 amide bonds. The van der Waals surface area contributed by atoms with Crippen LogP contribution in [0.5, 0.6) is 0 Å². The van der Waals surface area contributed by atoms with E-state index in [0.717, 1.165) is 17.9 Å². The lowest BCUT2D eigenvalue weighted by Gasteiger charge is -2.25. The van der Waals surface area contributed by atoms with E-state index in [1.165, 1.54) is 0 Å². The van der Waals surface area contributed by atoms with Gasteiger partial charge in [0.25, 0.3) is 0 Å². The van der Waals surface area contributed by atoms with Gasteiger partial charge in [0.05, 0.1) is 10.0 Å². The van der Waals surface area contributed by atoms with Crippen LogP contribution in [0.25, 0.3) is 0 Å². The first-order valence-corrected chi connectivity index (χ1v) is 8.16. The van der Waals surface area contributed by atoms with Crippen LogP contribution < -0.4 is 0 Å². The van der Waals surface area contributed by atoms with Gasteiger partial charge in [-0.05, 0) is 12.0 Å². The van der Waals surface area contributed by atoms with Crippen LogP contribution in [0.15, 0.2) is 18.2 Å². The molecular weight excluding hydrogens is 301 g/mol. The predicted molar refractivity (Wildman–Crippen MR) is 82.8 cm³/mol. The normalized spacial score (nSPS) is 19.2. The zero-order chi connectivity index (χ0) is 14.0. The summed E-state index contributed by atoms with van der Waals surface area (Å²) in [5, 5.41) is 1.10. The van der Waals surface area contributed by atoms with Gasteiger partial charge in [0.1, 0.15) is 5.37 Å². The van der Waals surface area contributed by atoms with Crippen molar-refractivity contribution in [2.24, 2.45) is 5.92 Å². The fraction of sp³-hybridized carbons (Fsp3) is 0.500. The summed E-state index contributed by atoms with van der Waals surface area (Å²) >= 11 is 14.1. The highest BCUT2D eigenvalue weighted by Gasteiger charge is 2.32. The van der Waals surface area contributed by atoms with Gasteiger partial charge in [-0.15, -0.1) is 11.8 Å². The van der Waals surface area contributed by atoms with E-state index in [1.807, 2.05) is 17.0 Å². The summed E-state index contributed by atoms with van der Waals surface area (Å²) in [7, 11) is 0. The Morgan fingerprint density at radius 3 is 2.89 bits per heavy atom. The van der Waals surface area contributed by atoms with Gasteiger partial charge in [-0.2, -0.15) is 0 Å². The molecular formula is C14H17Cl2NOS. The third kappa shape index (κ3) is 3.39. The van der Waals surface area contributed by atoms with Crippen molar-refractivity contribution in [3.8, 4) is 0 Å². The molecule has 1 aromatic rings. The zero-order valence-electron chi connectivity index (χ0n) is 11.0. The minimum Gasteiger partial charge on any atom is -0.326 e. The molecule has 104 valence electrons. The Morgan fingerprint density at radius 1 is 1.47 bits per heavy atom. The first kappa shape index (κ1) is 15.0. The van der Waals surface area contributed by atoms with E-state index in [2.05, 4.69) is 13.8 Å². The highest BCUT2D eigenvalue weighted by atomic mass is 35.5. The van der Waals surface area contributed by atoms with Crippen LogP contribution in [-0.2, 0) is 4.79 Å². The number of halogens is 2. The molecule has 1 atom stereocenters. The Kier molecular flexibility index (Phi) is 5.04. The lowest BCUT2D eigenvalue weighted by atomic mass is 10.1. The Morgan fingerprint density at radius 2 is 2.21 bits per heavy atom. The van der Waals surface area contributed by atoms with Gasteiger partial charge in [-0.25, -0.2) is 0 Å². The Labute approximate surface area is 128 Å². The molecule has 19 heavy (non-hydrogen) atoms. The van der Waals surface area contributed by atoms with Crippen molar-refractivity contribution in [1.29, 1.82) is 0 Å². The Bertz CT molecular complexity index is 479. The lowest BCUT2D eigenvalue weighted by molar-refractivity contribution is -0.132. The summed E-state index contributed by atoms with van der Waals surface area (Å²) in [5.41, 5.74) is 0.939. The summed E-state index contributed by atoms with van der Waals surface area (Å²) in [4.78, 5) is 14.2. The van der Waals surface area contributed by atoms with Crippen molar-refractivity contribution in [3.63, 3.8) is 0 Å². The standard InChI is InChI=1S/C14H17Cl2NOS/c1-9(2)8-12(18)17-6-7-19-14(17)10-4-3-5-11(15)13(10)16/h3-5,9,14H,6-8H2,1-2H3/t14-/m0/s1. The lowest BCUT2D eigenvalue weighted by Crippen LogP contribution is -2.31. The minimum atomic E-state index is -0.00236. The number of thioether (sulfide) groups is 1. The summed E-state index contributed by atoms with van der Waals surface area (Å²) < 4.78 is 0. The van der Waals surface area contributed by atoms with Gasteiger partial charge in [-0.3, -0.25) is 4.79 Å². The molecule has 1 saturated heterocycles. The Balaban J connectivity index is 2.23. The molecule has 1 aliphatic heterocycles. The highest BCUT2D eigenvalue weighted by molar-refractivity contribution is 7.99. The second-order valence-electron chi connectivity index (χ2n) is 5.05. The summed E-state index contributed by atoms with van der Waals surface area (Å²) in [6.07, 6.45) is 0.579. The number of carbonyl (C=O) groups excluding carboxylic acids is 1. The van der Waals surface area contributed by atoms with Crippen LogP contribution in [0.2, 0.25) is 10.0 Å². The number of hydrogen-bond acceptors (Lipinski definition) is 2. The molecule has 1 heterocycles. The van der Waals surface area contributed by atoms with E-state index >= 15 is 0 Å². The third-order valence-corrected chi connectivity index (χ3v) is 5.12. The van der Waals surface area contributed by atoms with E-state index in [1.54, 1.807) is 17.8 Å². The van der Waals surface area contributed by atoms with Crippen LogP contribution in [0.4, 0.5) is 0 Å². The number of amides is 1. The van der Waals surface area contributed by atoms with Gasteiger partial charge < -0.3 is 4.90 Å². The average molecular weight is 318 g/mol. The fourth-order valence-electron chi connectivity index (χ4n) is 2.16. The smallest absolute Gasteiger partial charge is 0.224 e. The highest BCUT2D eigenvalue weighted by Crippen LogP contribution is 2.43. The van der Waals surface area contributed by atoms with Gasteiger partial charge in [0.15, 0.2) is 0 Å². The summed E-state index contributed by atoms with van der Waals surface area (Å²) in [5.74, 6) is 1.51. The molecule has 1 fully saturated rings. The summed E-state index contributed by atoms with van der Waals surface area (Å²) in [6, 6.07) is 5.60. The number of carbonyl (C=O) groups is 1. The van der Waals surface area contributed by atoms with Crippen LogP contribution >= 0.6 is 35.0 Å². The van der Waals surface area contributed by atoms with Gasteiger partial charge in [0, 0.05) is 24.3 Å². The third-order valence-electron chi connectivity index (χ3n) is 3.04. The predicted octanol–water partition coefficient (Wildman–Crippen LogP) is 4.61. The summed E-state index contributed by atoms with van der Waals surface area (Å²) in [6.45, 7) is 4.90. The van der Waals surface area contributed by atoms with E-state index in [4.69, 9.17) is 23.2 Å². The number of nitrogens with zero attached hydrogens (tertiary/aromatic N) is 1. The molecule has 0 saturated carbocycles. The molecule has 0 aliphatic carbocycles. The monoisotopic (exact) mass is 317 g/mol. The van der Waals surface area contributed by atoms with E-state index in [-0.39, 0.29) is 11.3 Å². The molecule has 0 unspecified atom stereocenters. The van der Waals surface area contributed by atoms with Gasteiger partial charge >= 0.3 is 0 Å². The van der Waals surface area contributed by atoms with Crippen LogP contribution in [-0.4, -0.2) is 23.1 Å². The van der Waals surface area contributed by atoms with Crippen molar-refractivity contribution in [1.82, 2.24) is 4.90 Å². The zero-order valence-corrected chi connectivity index (χ0v) is 13.4. The van der Waals surface area contributed by atoms with Gasteiger partial charge in [0.2, 0.25) is 5.91 Å². The number of rotatable bonds is 3. The molecule has 1 aliphatic rings. The first-order valence-electron chi connectivity index (χ1n) is 6.35. The van der Waals surface area contributed by atoms with Crippen molar-refractivity contribution >= 4 is 40.9 Å². The van der Waals surface area contributed by atoms with E-state index < -0.39 is 0 Å². The topological polar surface area (TPSA) is 20.3 Å². The largest absolute Gasteiger partial charge is 0.326 e.